The first-order valence-electron chi connectivity index (χ1n) is 5.47. The Bertz CT molecular complexity index is 528. The van der Waals surface area contributed by atoms with Gasteiger partial charge in [0.25, 0.3) is 0 Å². The molecule has 0 radical (unpaired) electrons. The molecule has 1 heterocycles. The number of benzene rings is 1. The highest BCUT2D eigenvalue weighted by Crippen LogP contribution is 2.23. The first-order valence-corrected chi connectivity index (χ1v) is 5.84. The van der Waals surface area contributed by atoms with Crippen molar-refractivity contribution in [1.29, 1.82) is 0 Å². The standard InChI is InChI=1S/C13H14ClN3O/c1-18-13-5-2-9(8-17-13)7-16-12-6-10(14)3-4-11(12)15/h2-6,8,16H,7,15H2,1H3. The van der Waals surface area contributed by atoms with Crippen molar-refractivity contribution in [2.75, 3.05) is 18.2 Å². The second kappa shape index (κ2) is 5.60. The van der Waals surface area contributed by atoms with Gasteiger partial charge in [0.1, 0.15) is 0 Å². The fourth-order valence-electron chi connectivity index (χ4n) is 1.52. The minimum absolute atomic E-state index is 0.598. The van der Waals surface area contributed by atoms with Gasteiger partial charge in [-0.1, -0.05) is 17.7 Å². The van der Waals surface area contributed by atoms with Gasteiger partial charge < -0.3 is 15.8 Å². The largest absolute Gasteiger partial charge is 0.481 e. The van der Waals surface area contributed by atoms with Gasteiger partial charge in [-0.25, -0.2) is 4.98 Å². The van der Waals surface area contributed by atoms with Crippen LogP contribution in [0.5, 0.6) is 5.88 Å². The molecule has 0 saturated heterocycles. The van der Waals surface area contributed by atoms with Crippen molar-refractivity contribution in [2.45, 2.75) is 6.54 Å². The van der Waals surface area contributed by atoms with Crippen LogP contribution in [0.3, 0.4) is 0 Å². The highest BCUT2D eigenvalue weighted by Gasteiger charge is 2.01. The topological polar surface area (TPSA) is 60.2 Å². The fourth-order valence-corrected chi connectivity index (χ4v) is 1.69. The Morgan fingerprint density at radius 2 is 2.17 bits per heavy atom. The number of anilines is 2. The van der Waals surface area contributed by atoms with Crippen LogP contribution < -0.4 is 15.8 Å². The Hall–Kier alpha value is -1.94. The van der Waals surface area contributed by atoms with Gasteiger partial charge in [0.05, 0.1) is 18.5 Å². The number of rotatable bonds is 4. The molecule has 1 aromatic carbocycles. The van der Waals surface area contributed by atoms with Crippen LogP contribution >= 0.6 is 11.6 Å². The maximum absolute atomic E-state index is 5.91. The lowest BCUT2D eigenvalue weighted by molar-refractivity contribution is 0.397. The number of nitrogens with zero attached hydrogens (tertiary/aromatic N) is 1. The van der Waals surface area contributed by atoms with E-state index in [1.54, 1.807) is 31.5 Å². The Labute approximate surface area is 111 Å². The van der Waals surface area contributed by atoms with E-state index in [4.69, 9.17) is 22.1 Å². The van der Waals surface area contributed by atoms with Gasteiger partial charge in [0.15, 0.2) is 0 Å². The maximum Gasteiger partial charge on any atom is 0.212 e. The summed E-state index contributed by atoms with van der Waals surface area (Å²) >= 11 is 5.91. The minimum Gasteiger partial charge on any atom is -0.481 e. The molecule has 3 N–H and O–H groups in total. The summed E-state index contributed by atoms with van der Waals surface area (Å²) in [6, 6.07) is 9.10. The van der Waals surface area contributed by atoms with E-state index < -0.39 is 0 Å². The van der Waals surface area contributed by atoms with Gasteiger partial charge in [0.2, 0.25) is 5.88 Å². The number of hydrogen-bond acceptors (Lipinski definition) is 4. The third-order valence-corrected chi connectivity index (χ3v) is 2.74. The molecular formula is C13H14ClN3O. The average molecular weight is 264 g/mol. The van der Waals surface area contributed by atoms with Gasteiger partial charge in [-0.3, -0.25) is 0 Å². The van der Waals surface area contributed by atoms with Crippen LogP contribution in [-0.4, -0.2) is 12.1 Å². The van der Waals surface area contributed by atoms with E-state index in [9.17, 15) is 0 Å². The summed E-state index contributed by atoms with van der Waals surface area (Å²) in [5, 5.41) is 3.87. The van der Waals surface area contributed by atoms with Crippen LogP contribution in [0.2, 0.25) is 5.02 Å². The Morgan fingerprint density at radius 1 is 1.33 bits per heavy atom. The van der Waals surface area contributed by atoms with Crippen molar-refractivity contribution in [2.24, 2.45) is 0 Å². The number of nitrogens with one attached hydrogen (secondary N) is 1. The van der Waals surface area contributed by atoms with Crippen molar-refractivity contribution in [3.8, 4) is 5.88 Å². The SMILES string of the molecule is COc1ccc(CNc2cc(Cl)ccc2N)cn1. The molecule has 0 unspecified atom stereocenters. The van der Waals surface area contributed by atoms with Crippen molar-refractivity contribution in [3.63, 3.8) is 0 Å². The summed E-state index contributed by atoms with van der Waals surface area (Å²) in [6.07, 6.45) is 1.76. The molecule has 0 spiro atoms. The van der Waals surface area contributed by atoms with E-state index in [0.717, 1.165) is 11.3 Å². The quantitative estimate of drug-likeness (QED) is 0.833. The molecule has 0 bridgehead atoms. The second-order valence-electron chi connectivity index (χ2n) is 3.79. The Morgan fingerprint density at radius 3 is 2.83 bits per heavy atom. The number of hydrogen-bond donors (Lipinski definition) is 2. The number of aromatic nitrogens is 1. The molecule has 5 heteroatoms. The van der Waals surface area contributed by atoms with Crippen LogP contribution in [0.25, 0.3) is 0 Å². The molecule has 94 valence electrons. The zero-order valence-corrected chi connectivity index (χ0v) is 10.7. The summed E-state index contributed by atoms with van der Waals surface area (Å²) in [5.41, 5.74) is 8.37. The van der Waals surface area contributed by atoms with Crippen LogP contribution in [0, 0.1) is 0 Å². The molecule has 4 nitrogen and oxygen atoms in total. The molecule has 0 aliphatic heterocycles. The molecule has 0 atom stereocenters. The van der Waals surface area contributed by atoms with E-state index in [0.29, 0.717) is 23.1 Å². The monoisotopic (exact) mass is 263 g/mol. The van der Waals surface area contributed by atoms with E-state index in [1.807, 2.05) is 12.1 Å². The highest BCUT2D eigenvalue weighted by atomic mass is 35.5. The summed E-state index contributed by atoms with van der Waals surface area (Å²) in [5.74, 6) is 0.598. The molecule has 0 saturated carbocycles. The zero-order valence-electron chi connectivity index (χ0n) is 9.98. The Kier molecular flexibility index (Phi) is 3.89. The molecule has 2 rings (SSSR count). The number of nitrogen functional groups attached to an aromatic ring is 1. The summed E-state index contributed by atoms with van der Waals surface area (Å²) in [6.45, 7) is 0.627. The van der Waals surface area contributed by atoms with E-state index >= 15 is 0 Å². The van der Waals surface area contributed by atoms with Crippen LogP contribution in [0.4, 0.5) is 11.4 Å². The summed E-state index contributed by atoms with van der Waals surface area (Å²) in [7, 11) is 1.59. The van der Waals surface area contributed by atoms with E-state index in [-0.39, 0.29) is 0 Å². The molecule has 0 aliphatic carbocycles. The van der Waals surface area contributed by atoms with Gasteiger partial charge >= 0.3 is 0 Å². The lowest BCUT2D eigenvalue weighted by atomic mass is 10.2. The Balaban J connectivity index is 2.04. The van der Waals surface area contributed by atoms with Crippen molar-refractivity contribution >= 4 is 23.0 Å². The van der Waals surface area contributed by atoms with E-state index in [2.05, 4.69) is 10.3 Å². The predicted molar refractivity (Wildman–Crippen MR) is 74.0 cm³/mol. The number of halogens is 1. The number of nitrogens with two attached hydrogens (primary N) is 1. The van der Waals surface area contributed by atoms with Gasteiger partial charge in [-0.05, 0) is 23.8 Å². The molecular weight excluding hydrogens is 250 g/mol. The third kappa shape index (κ3) is 3.05. The van der Waals surface area contributed by atoms with Gasteiger partial charge in [0, 0.05) is 23.8 Å². The fraction of sp³-hybridized carbons (Fsp3) is 0.154. The number of methoxy groups -OCH3 is 1. The van der Waals surface area contributed by atoms with Gasteiger partial charge in [-0.2, -0.15) is 0 Å². The summed E-state index contributed by atoms with van der Waals surface area (Å²) in [4.78, 5) is 4.13. The summed E-state index contributed by atoms with van der Waals surface area (Å²) < 4.78 is 5.00. The normalized spacial score (nSPS) is 10.1. The van der Waals surface area contributed by atoms with Crippen LogP contribution in [-0.2, 0) is 6.54 Å². The molecule has 0 amide bonds. The smallest absolute Gasteiger partial charge is 0.212 e. The van der Waals surface area contributed by atoms with Crippen molar-refractivity contribution < 1.29 is 4.74 Å². The molecule has 1 aromatic heterocycles. The lowest BCUT2D eigenvalue weighted by Gasteiger charge is -2.09. The first-order chi connectivity index (χ1) is 8.69. The molecule has 0 fully saturated rings. The number of pyridine rings is 1. The average Bonchev–Trinajstić information content (AvgIpc) is 2.40. The van der Waals surface area contributed by atoms with E-state index in [1.165, 1.54) is 0 Å². The molecule has 18 heavy (non-hydrogen) atoms. The number of ether oxygens (including phenoxy) is 1. The highest BCUT2D eigenvalue weighted by molar-refractivity contribution is 6.31. The lowest BCUT2D eigenvalue weighted by Crippen LogP contribution is -2.03. The van der Waals surface area contributed by atoms with Crippen LogP contribution in [0.1, 0.15) is 5.56 Å². The van der Waals surface area contributed by atoms with Crippen LogP contribution in [0.15, 0.2) is 36.5 Å². The first kappa shape index (κ1) is 12.5. The third-order valence-electron chi connectivity index (χ3n) is 2.51. The predicted octanol–water partition coefficient (Wildman–Crippen LogP) is 2.94. The van der Waals surface area contributed by atoms with Crippen molar-refractivity contribution in [1.82, 2.24) is 4.98 Å². The molecule has 0 aliphatic rings. The zero-order chi connectivity index (χ0) is 13.0. The van der Waals surface area contributed by atoms with Gasteiger partial charge in [-0.15, -0.1) is 0 Å². The minimum atomic E-state index is 0.598. The van der Waals surface area contributed by atoms with Crippen molar-refractivity contribution in [3.05, 3.63) is 47.1 Å². The maximum atomic E-state index is 5.91. The molecule has 2 aromatic rings. The second-order valence-corrected chi connectivity index (χ2v) is 4.23.